The van der Waals surface area contributed by atoms with Gasteiger partial charge >= 0.3 is 6.03 Å². The maximum absolute atomic E-state index is 11.1. The third kappa shape index (κ3) is 2.45. The Morgan fingerprint density at radius 1 is 1.57 bits per heavy atom. The van der Waals surface area contributed by atoms with Crippen LogP contribution in [0.25, 0.3) is 0 Å². The van der Waals surface area contributed by atoms with E-state index >= 15 is 0 Å². The summed E-state index contributed by atoms with van der Waals surface area (Å²) >= 11 is 0. The van der Waals surface area contributed by atoms with Crippen molar-refractivity contribution in [2.24, 2.45) is 0 Å². The zero-order valence-corrected chi connectivity index (χ0v) is 8.00. The van der Waals surface area contributed by atoms with Gasteiger partial charge in [0.2, 0.25) is 11.8 Å². The lowest BCUT2D eigenvalue weighted by atomic mass is 10.3. The molecule has 1 saturated heterocycles. The maximum Gasteiger partial charge on any atom is 0.324 e. The maximum atomic E-state index is 11.1. The van der Waals surface area contributed by atoms with Gasteiger partial charge in [-0.2, -0.15) is 0 Å². The first-order chi connectivity index (χ1) is 6.65. The summed E-state index contributed by atoms with van der Waals surface area (Å²) in [6, 6.07) is -0.417. The van der Waals surface area contributed by atoms with Gasteiger partial charge in [0.05, 0.1) is 6.54 Å². The van der Waals surface area contributed by atoms with Gasteiger partial charge in [-0.15, -0.1) is 0 Å². The average Bonchev–Trinajstić information content (AvgIpc) is 2.44. The van der Waals surface area contributed by atoms with E-state index in [1.165, 1.54) is 0 Å². The average molecular weight is 199 g/mol. The molecule has 1 heterocycles. The number of hydrogen-bond donors (Lipinski definition) is 2. The highest BCUT2D eigenvalue weighted by Gasteiger charge is 2.28. The smallest absolute Gasteiger partial charge is 0.324 e. The Morgan fingerprint density at radius 2 is 2.29 bits per heavy atom. The third-order valence-corrected chi connectivity index (χ3v) is 1.87. The van der Waals surface area contributed by atoms with E-state index < -0.39 is 6.03 Å². The fourth-order valence-electron chi connectivity index (χ4n) is 1.18. The molecule has 6 heteroatoms. The predicted octanol–water partition coefficient (Wildman–Crippen LogP) is -0.936. The molecule has 0 aromatic rings. The summed E-state index contributed by atoms with van der Waals surface area (Å²) in [7, 11) is 0. The fraction of sp³-hybridized carbons (Fsp3) is 0.625. The van der Waals surface area contributed by atoms with Crippen LogP contribution in [0.3, 0.4) is 0 Å². The number of urea groups is 1. The summed E-state index contributed by atoms with van der Waals surface area (Å²) in [5, 5.41) is 4.97. The molecule has 0 aliphatic carbocycles. The summed E-state index contributed by atoms with van der Waals surface area (Å²) in [5.41, 5.74) is 0. The Kier molecular flexibility index (Phi) is 3.44. The van der Waals surface area contributed by atoms with Gasteiger partial charge in [-0.25, -0.2) is 4.79 Å². The van der Waals surface area contributed by atoms with Crippen molar-refractivity contribution >= 4 is 17.8 Å². The lowest BCUT2D eigenvalue weighted by Gasteiger charge is -2.11. The second-order valence-corrected chi connectivity index (χ2v) is 2.91. The topological polar surface area (TPSA) is 78.5 Å². The molecule has 14 heavy (non-hydrogen) atoms. The molecule has 1 rings (SSSR count). The van der Waals surface area contributed by atoms with Gasteiger partial charge in [0.25, 0.3) is 0 Å². The van der Waals surface area contributed by atoms with Crippen LogP contribution in [0.4, 0.5) is 4.79 Å². The molecule has 0 aromatic heterocycles. The molecule has 0 saturated carbocycles. The highest BCUT2D eigenvalue weighted by atomic mass is 16.2. The van der Waals surface area contributed by atoms with E-state index in [0.29, 0.717) is 6.54 Å². The van der Waals surface area contributed by atoms with Gasteiger partial charge in [-0.05, 0) is 6.92 Å². The SMILES string of the molecule is CCNC(=O)CCN1C(=O)CNC1=O. The Balaban J connectivity index is 2.33. The predicted molar refractivity (Wildman–Crippen MR) is 48.4 cm³/mol. The number of hydrogen-bond acceptors (Lipinski definition) is 3. The lowest BCUT2D eigenvalue weighted by Crippen LogP contribution is -2.35. The number of amides is 4. The van der Waals surface area contributed by atoms with E-state index in [0.717, 1.165) is 4.90 Å². The second kappa shape index (κ2) is 4.59. The number of carbonyl (C=O) groups excluding carboxylic acids is 3. The van der Waals surface area contributed by atoms with Crippen molar-refractivity contribution in [3.8, 4) is 0 Å². The normalized spacial score (nSPS) is 15.6. The van der Waals surface area contributed by atoms with Crippen LogP contribution in [0.5, 0.6) is 0 Å². The molecule has 0 spiro atoms. The highest BCUT2D eigenvalue weighted by Crippen LogP contribution is 1.99. The van der Waals surface area contributed by atoms with Crippen molar-refractivity contribution in [2.75, 3.05) is 19.6 Å². The number of carbonyl (C=O) groups is 3. The zero-order valence-electron chi connectivity index (χ0n) is 8.00. The zero-order chi connectivity index (χ0) is 10.6. The molecule has 4 amide bonds. The van der Waals surface area contributed by atoms with Crippen LogP contribution in [0.15, 0.2) is 0 Å². The largest absolute Gasteiger partial charge is 0.356 e. The number of imide groups is 1. The van der Waals surface area contributed by atoms with E-state index in [1.54, 1.807) is 0 Å². The van der Waals surface area contributed by atoms with Gasteiger partial charge in [0.15, 0.2) is 0 Å². The monoisotopic (exact) mass is 199 g/mol. The van der Waals surface area contributed by atoms with Crippen LogP contribution >= 0.6 is 0 Å². The molecule has 1 fully saturated rings. The highest BCUT2D eigenvalue weighted by molar-refractivity contribution is 6.02. The second-order valence-electron chi connectivity index (χ2n) is 2.91. The van der Waals surface area contributed by atoms with Crippen molar-refractivity contribution in [3.63, 3.8) is 0 Å². The van der Waals surface area contributed by atoms with E-state index in [9.17, 15) is 14.4 Å². The van der Waals surface area contributed by atoms with Crippen LogP contribution in [-0.2, 0) is 9.59 Å². The molecular formula is C8H13N3O3. The van der Waals surface area contributed by atoms with Gasteiger partial charge in [-0.1, -0.05) is 0 Å². The molecular weight excluding hydrogens is 186 g/mol. The van der Waals surface area contributed by atoms with Crippen molar-refractivity contribution in [1.29, 1.82) is 0 Å². The van der Waals surface area contributed by atoms with E-state index in [1.807, 2.05) is 6.92 Å². The molecule has 2 N–H and O–H groups in total. The van der Waals surface area contributed by atoms with Gasteiger partial charge in [0, 0.05) is 19.5 Å². The van der Waals surface area contributed by atoms with Gasteiger partial charge < -0.3 is 10.6 Å². The van der Waals surface area contributed by atoms with Crippen LogP contribution in [0, 0.1) is 0 Å². The Morgan fingerprint density at radius 3 is 2.79 bits per heavy atom. The lowest BCUT2D eigenvalue weighted by molar-refractivity contribution is -0.125. The van der Waals surface area contributed by atoms with Gasteiger partial charge in [-0.3, -0.25) is 14.5 Å². The molecule has 78 valence electrons. The molecule has 0 radical (unpaired) electrons. The number of nitrogens with zero attached hydrogens (tertiary/aromatic N) is 1. The summed E-state index contributed by atoms with van der Waals surface area (Å²) in [6.45, 7) is 2.55. The van der Waals surface area contributed by atoms with Crippen molar-refractivity contribution in [1.82, 2.24) is 15.5 Å². The third-order valence-electron chi connectivity index (χ3n) is 1.87. The first kappa shape index (κ1) is 10.5. The molecule has 1 aliphatic heterocycles. The first-order valence-corrected chi connectivity index (χ1v) is 4.50. The van der Waals surface area contributed by atoms with Crippen LogP contribution < -0.4 is 10.6 Å². The van der Waals surface area contributed by atoms with Gasteiger partial charge in [0.1, 0.15) is 0 Å². The van der Waals surface area contributed by atoms with E-state index in [2.05, 4.69) is 10.6 Å². The quantitative estimate of drug-likeness (QED) is 0.574. The van der Waals surface area contributed by atoms with Crippen LogP contribution in [0.2, 0.25) is 0 Å². The minimum Gasteiger partial charge on any atom is -0.356 e. The fourth-order valence-corrected chi connectivity index (χ4v) is 1.18. The van der Waals surface area contributed by atoms with Crippen LogP contribution in [0.1, 0.15) is 13.3 Å². The van der Waals surface area contributed by atoms with Crippen molar-refractivity contribution < 1.29 is 14.4 Å². The summed E-state index contributed by atoms with van der Waals surface area (Å²) in [6.07, 6.45) is 0.160. The van der Waals surface area contributed by atoms with E-state index in [-0.39, 0.29) is 31.3 Å². The van der Waals surface area contributed by atoms with E-state index in [4.69, 9.17) is 0 Å². The Bertz CT molecular complexity index is 249. The number of rotatable bonds is 4. The summed E-state index contributed by atoms with van der Waals surface area (Å²) in [4.78, 5) is 34.2. The minimum atomic E-state index is -0.417. The Labute approximate surface area is 81.6 Å². The van der Waals surface area contributed by atoms with Crippen LogP contribution in [-0.4, -0.2) is 42.4 Å². The summed E-state index contributed by atoms with van der Waals surface area (Å²) in [5.74, 6) is -0.431. The molecule has 6 nitrogen and oxygen atoms in total. The minimum absolute atomic E-state index is 0.0359. The van der Waals surface area contributed by atoms with Crippen molar-refractivity contribution in [3.05, 3.63) is 0 Å². The standard InChI is InChI=1S/C8H13N3O3/c1-2-9-6(12)3-4-11-7(13)5-10-8(11)14/h2-5H2,1H3,(H,9,12)(H,10,14). The van der Waals surface area contributed by atoms with Crippen molar-refractivity contribution in [2.45, 2.75) is 13.3 Å². The molecule has 0 aromatic carbocycles. The Hall–Kier alpha value is -1.59. The molecule has 0 atom stereocenters. The summed E-state index contributed by atoms with van der Waals surface area (Å²) < 4.78 is 0. The number of nitrogens with one attached hydrogen (secondary N) is 2. The molecule has 0 unspecified atom stereocenters. The molecule has 0 bridgehead atoms. The first-order valence-electron chi connectivity index (χ1n) is 4.50. The molecule has 1 aliphatic rings.